The first kappa shape index (κ1) is 16.7. The number of hydrogen-bond acceptors (Lipinski definition) is 6. The SMILES string of the molecule is CN(C)CCNc1c(-c2ccc(N3CCOCC3)cc2)c(=O)c1=O. The minimum atomic E-state index is -0.416. The van der Waals surface area contributed by atoms with Crippen LogP contribution in [0.15, 0.2) is 33.9 Å². The number of benzene rings is 1. The van der Waals surface area contributed by atoms with Crippen LogP contribution in [0.1, 0.15) is 0 Å². The van der Waals surface area contributed by atoms with E-state index in [0.717, 1.165) is 44.1 Å². The highest BCUT2D eigenvalue weighted by Gasteiger charge is 2.22. The lowest BCUT2D eigenvalue weighted by Crippen LogP contribution is -2.37. The molecule has 0 aliphatic carbocycles. The molecule has 6 heteroatoms. The van der Waals surface area contributed by atoms with Crippen molar-refractivity contribution < 1.29 is 4.74 Å². The van der Waals surface area contributed by atoms with E-state index < -0.39 is 10.9 Å². The summed E-state index contributed by atoms with van der Waals surface area (Å²) >= 11 is 0. The van der Waals surface area contributed by atoms with Crippen molar-refractivity contribution in [1.82, 2.24) is 4.90 Å². The van der Waals surface area contributed by atoms with Gasteiger partial charge in [0.25, 0.3) is 0 Å². The number of anilines is 2. The smallest absolute Gasteiger partial charge is 0.250 e. The zero-order valence-electron chi connectivity index (χ0n) is 14.2. The molecular weight excluding hydrogens is 306 g/mol. The van der Waals surface area contributed by atoms with Gasteiger partial charge in [-0.05, 0) is 31.8 Å². The highest BCUT2D eigenvalue weighted by molar-refractivity contribution is 5.82. The summed E-state index contributed by atoms with van der Waals surface area (Å²) in [4.78, 5) is 28.1. The molecule has 128 valence electrons. The Kier molecular flexibility index (Phi) is 4.97. The molecule has 2 aromatic rings. The lowest BCUT2D eigenvalue weighted by atomic mass is 9.98. The molecule has 1 aliphatic heterocycles. The molecule has 1 aliphatic rings. The molecule has 0 amide bonds. The third-order valence-corrected chi connectivity index (χ3v) is 4.30. The fourth-order valence-corrected chi connectivity index (χ4v) is 2.90. The van der Waals surface area contributed by atoms with Crippen molar-refractivity contribution in [3.05, 3.63) is 44.7 Å². The fraction of sp³-hybridized carbons (Fsp3) is 0.444. The van der Waals surface area contributed by atoms with Crippen molar-refractivity contribution in [3.63, 3.8) is 0 Å². The van der Waals surface area contributed by atoms with Crippen LogP contribution in [0.5, 0.6) is 0 Å². The van der Waals surface area contributed by atoms with Crippen LogP contribution >= 0.6 is 0 Å². The molecule has 1 N–H and O–H groups in total. The molecule has 0 spiro atoms. The van der Waals surface area contributed by atoms with Crippen LogP contribution in [0, 0.1) is 0 Å². The minimum Gasteiger partial charge on any atom is -0.380 e. The normalized spacial score (nSPS) is 15.2. The molecule has 1 fully saturated rings. The van der Waals surface area contributed by atoms with Gasteiger partial charge < -0.3 is 19.9 Å². The molecule has 0 unspecified atom stereocenters. The van der Waals surface area contributed by atoms with Crippen molar-refractivity contribution in [2.45, 2.75) is 0 Å². The van der Waals surface area contributed by atoms with E-state index in [1.54, 1.807) is 0 Å². The number of rotatable bonds is 6. The quantitative estimate of drug-likeness (QED) is 0.790. The molecule has 3 rings (SSSR count). The van der Waals surface area contributed by atoms with Crippen LogP contribution in [0.25, 0.3) is 11.1 Å². The molecule has 0 atom stereocenters. The summed E-state index contributed by atoms with van der Waals surface area (Å²) < 4.78 is 5.36. The Morgan fingerprint density at radius 3 is 2.38 bits per heavy atom. The van der Waals surface area contributed by atoms with Crippen molar-refractivity contribution in [3.8, 4) is 11.1 Å². The van der Waals surface area contributed by atoms with Gasteiger partial charge >= 0.3 is 0 Å². The van der Waals surface area contributed by atoms with Gasteiger partial charge in [-0.2, -0.15) is 0 Å². The van der Waals surface area contributed by atoms with Crippen molar-refractivity contribution in [2.24, 2.45) is 0 Å². The minimum absolute atomic E-state index is 0.401. The van der Waals surface area contributed by atoms with Crippen LogP contribution < -0.4 is 21.1 Å². The van der Waals surface area contributed by atoms with E-state index in [0.29, 0.717) is 17.8 Å². The average Bonchev–Trinajstić information content (AvgIpc) is 2.61. The zero-order chi connectivity index (χ0) is 17.1. The molecule has 6 nitrogen and oxygen atoms in total. The van der Waals surface area contributed by atoms with Crippen molar-refractivity contribution in [1.29, 1.82) is 0 Å². The van der Waals surface area contributed by atoms with Gasteiger partial charge in [-0.25, -0.2) is 0 Å². The number of hydrogen-bond donors (Lipinski definition) is 1. The number of ether oxygens (including phenoxy) is 1. The second-order valence-electron chi connectivity index (χ2n) is 6.28. The zero-order valence-corrected chi connectivity index (χ0v) is 14.2. The van der Waals surface area contributed by atoms with E-state index in [-0.39, 0.29) is 0 Å². The summed E-state index contributed by atoms with van der Waals surface area (Å²) in [5.41, 5.74) is 2.04. The fourth-order valence-electron chi connectivity index (χ4n) is 2.90. The largest absolute Gasteiger partial charge is 0.380 e. The number of morpholine rings is 1. The predicted molar refractivity (Wildman–Crippen MR) is 96.9 cm³/mol. The second-order valence-corrected chi connectivity index (χ2v) is 6.28. The predicted octanol–water partition coefficient (Wildman–Crippen LogP) is 0.760. The van der Waals surface area contributed by atoms with Gasteiger partial charge in [-0.1, -0.05) is 12.1 Å². The first-order valence-electron chi connectivity index (χ1n) is 8.23. The standard InChI is InChI=1S/C18H23N3O3/c1-20(2)8-7-19-16-15(17(22)18(16)23)13-3-5-14(6-4-13)21-9-11-24-12-10-21/h3-6,19H,7-12H2,1-2H3. The van der Waals surface area contributed by atoms with E-state index in [9.17, 15) is 9.59 Å². The van der Waals surface area contributed by atoms with Gasteiger partial charge in [0.2, 0.25) is 10.9 Å². The molecule has 24 heavy (non-hydrogen) atoms. The Morgan fingerprint density at radius 1 is 1.08 bits per heavy atom. The average molecular weight is 329 g/mol. The van der Waals surface area contributed by atoms with Crippen LogP contribution in [0.4, 0.5) is 11.4 Å². The molecular formula is C18H23N3O3. The Balaban J connectivity index is 1.75. The van der Waals surface area contributed by atoms with Gasteiger partial charge in [0.15, 0.2) is 0 Å². The van der Waals surface area contributed by atoms with Crippen LogP contribution in [-0.4, -0.2) is 58.4 Å². The van der Waals surface area contributed by atoms with Crippen molar-refractivity contribution in [2.75, 3.05) is 63.7 Å². The first-order chi connectivity index (χ1) is 11.6. The maximum atomic E-state index is 12.0. The summed E-state index contributed by atoms with van der Waals surface area (Å²) in [5, 5.41) is 3.10. The summed E-state index contributed by atoms with van der Waals surface area (Å²) in [6.07, 6.45) is 0. The summed E-state index contributed by atoms with van der Waals surface area (Å²) in [5.74, 6) is 0. The summed E-state index contributed by atoms with van der Waals surface area (Å²) in [7, 11) is 3.93. The van der Waals surface area contributed by atoms with Crippen molar-refractivity contribution >= 4 is 11.4 Å². The van der Waals surface area contributed by atoms with Gasteiger partial charge in [0.1, 0.15) is 0 Å². The van der Waals surface area contributed by atoms with Gasteiger partial charge in [-0.3, -0.25) is 9.59 Å². The van der Waals surface area contributed by atoms with Gasteiger partial charge in [0.05, 0.1) is 24.5 Å². The second kappa shape index (κ2) is 7.15. The third-order valence-electron chi connectivity index (χ3n) is 4.30. The number of nitrogens with zero attached hydrogens (tertiary/aromatic N) is 2. The van der Waals surface area contributed by atoms with Crippen LogP contribution in [0.3, 0.4) is 0 Å². The highest BCUT2D eigenvalue weighted by atomic mass is 16.5. The molecule has 0 bridgehead atoms. The Bertz CT molecular complexity index is 755. The molecule has 1 saturated heterocycles. The van der Waals surface area contributed by atoms with E-state index >= 15 is 0 Å². The summed E-state index contributed by atoms with van der Waals surface area (Å²) in [6.45, 7) is 4.65. The third kappa shape index (κ3) is 3.34. The molecule has 1 heterocycles. The Hall–Kier alpha value is -2.18. The topological polar surface area (TPSA) is 61.9 Å². The summed E-state index contributed by atoms with van der Waals surface area (Å²) in [6, 6.07) is 7.83. The number of nitrogens with one attached hydrogen (secondary N) is 1. The highest BCUT2D eigenvalue weighted by Crippen LogP contribution is 2.26. The van der Waals surface area contributed by atoms with Gasteiger partial charge in [0, 0.05) is 31.9 Å². The molecule has 2 aromatic carbocycles. The van der Waals surface area contributed by atoms with E-state index in [2.05, 4.69) is 10.2 Å². The van der Waals surface area contributed by atoms with Crippen LogP contribution in [-0.2, 0) is 4.74 Å². The van der Waals surface area contributed by atoms with E-state index in [1.807, 2.05) is 43.3 Å². The monoisotopic (exact) mass is 329 g/mol. The van der Waals surface area contributed by atoms with E-state index in [4.69, 9.17) is 4.74 Å². The van der Waals surface area contributed by atoms with E-state index in [1.165, 1.54) is 0 Å². The molecule has 0 radical (unpaired) electrons. The number of likely N-dealkylation sites (N-methyl/N-ethyl adjacent to an activating group) is 1. The lowest BCUT2D eigenvalue weighted by molar-refractivity contribution is 0.122. The first-order valence-corrected chi connectivity index (χ1v) is 8.23. The lowest BCUT2D eigenvalue weighted by Gasteiger charge is -2.29. The Morgan fingerprint density at radius 2 is 1.75 bits per heavy atom. The molecule has 0 saturated carbocycles. The van der Waals surface area contributed by atoms with Crippen LogP contribution in [0.2, 0.25) is 0 Å². The molecule has 0 aromatic heterocycles. The maximum Gasteiger partial charge on any atom is 0.250 e. The van der Waals surface area contributed by atoms with Gasteiger partial charge in [-0.15, -0.1) is 0 Å². The Labute approximate surface area is 141 Å². The maximum absolute atomic E-state index is 12.0.